The predicted octanol–water partition coefficient (Wildman–Crippen LogP) is 2.52. The van der Waals surface area contributed by atoms with Gasteiger partial charge in [0.25, 0.3) is 0 Å². The molecular formula is C14H19FN4. The molecule has 0 aliphatic carbocycles. The highest BCUT2D eigenvalue weighted by Gasteiger charge is 2.08. The lowest BCUT2D eigenvalue weighted by Crippen LogP contribution is -2.23. The van der Waals surface area contributed by atoms with Crippen molar-refractivity contribution in [3.63, 3.8) is 0 Å². The zero-order chi connectivity index (χ0) is 13.8. The fourth-order valence-corrected chi connectivity index (χ4v) is 1.90. The quantitative estimate of drug-likeness (QED) is 0.899. The van der Waals surface area contributed by atoms with E-state index >= 15 is 0 Å². The molecule has 0 aliphatic rings. The van der Waals surface area contributed by atoms with E-state index < -0.39 is 0 Å². The van der Waals surface area contributed by atoms with Crippen LogP contribution in [0, 0.1) is 5.82 Å². The number of anilines is 1. The summed E-state index contributed by atoms with van der Waals surface area (Å²) in [6.45, 7) is 3.09. The topological polar surface area (TPSA) is 41.0 Å². The van der Waals surface area contributed by atoms with Gasteiger partial charge in [0.2, 0.25) is 0 Å². The Morgan fingerprint density at radius 3 is 2.84 bits per heavy atom. The van der Waals surface area contributed by atoms with Gasteiger partial charge in [-0.05, 0) is 52.2 Å². The standard InChI is InChI=1S/C14H19FN4/c1-10(6-7-19(2)3)18-14-12-8-11(15)4-5-13(12)16-9-17-14/h4-5,8-10H,6-7H2,1-3H3,(H,16,17,18)/t10-/m1/s1. The van der Waals surface area contributed by atoms with Crippen molar-refractivity contribution in [3.05, 3.63) is 30.3 Å². The number of benzene rings is 1. The van der Waals surface area contributed by atoms with Crippen LogP contribution in [0.2, 0.25) is 0 Å². The molecule has 0 fully saturated rings. The third kappa shape index (κ3) is 3.61. The summed E-state index contributed by atoms with van der Waals surface area (Å²) in [7, 11) is 4.09. The van der Waals surface area contributed by atoms with Crippen LogP contribution in [0.5, 0.6) is 0 Å². The lowest BCUT2D eigenvalue weighted by molar-refractivity contribution is 0.390. The maximum atomic E-state index is 13.3. The maximum Gasteiger partial charge on any atom is 0.137 e. The highest BCUT2D eigenvalue weighted by molar-refractivity contribution is 5.88. The number of hydrogen-bond acceptors (Lipinski definition) is 4. The number of hydrogen-bond donors (Lipinski definition) is 1. The smallest absolute Gasteiger partial charge is 0.137 e. The average molecular weight is 262 g/mol. The van der Waals surface area contributed by atoms with Crippen LogP contribution in [0.3, 0.4) is 0 Å². The molecular weight excluding hydrogens is 243 g/mol. The molecule has 1 atom stereocenters. The lowest BCUT2D eigenvalue weighted by atomic mass is 10.2. The molecule has 0 bridgehead atoms. The summed E-state index contributed by atoms with van der Waals surface area (Å²) < 4.78 is 13.3. The lowest BCUT2D eigenvalue weighted by Gasteiger charge is -2.18. The van der Waals surface area contributed by atoms with Gasteiger partial charge in [0.1, 0.15) is 18.0 Å². The van der Waals surface area contributed by atoms with Gasteiger partial charge in [-0.1, -0.05) is 0 Å². The van der Waals surface area contributed by atoms with Crippen molar-refractivity contribution in [1.29, 1.82) is 0 Å². The molecule has 4 nitrogen and oxygen atoms in total. The Morgan fingerprint density at radius 2 is 2.11 bits per heavy atom. The van der Waals surface area contributed by atoms with Gasteiger partial charge in [0.05, 0.1) is 5.52 Å². The Balaban J connectivity index is 2.18. The molecule has 102 valence electrons. The van der Waals surface area contributed by atoms with E-state index in [1.807, 2.05) is 14.1 Å². The molecule has 0 unspecified atom stereocenters. The van der Waals surface area contributed by atoms with E-state index in [9.17, 15) is 4.39 Å². The van der Waals surface area contributed by atoms with Crippen molar-refractivity contribution in [2.24, 2.45) is 0 Å². The summed E-state index contributed by atoms with van der Waals surface area (Å²) >= 11 is 0. The molecule has 1 heterocycles. The minimum absolute atomic E-state index is 0.267. The van der Waals surface area contributed by atoms with Crippen molar-refractivity contribution < 1.29 is 4.39 Å². The van der Waals surface area contributed by atoms with Crippen LogP contribution < -0.4 is 5.32 Å². The molecule has 19 heavy (non-hydrogen) atoms. The fourth-order valence-electron chi connectivity index (χ4n) is 1.90. The fraction of sp³-hybridized carbons (Fsp3) is 0.429. The molecule has 0 aliphatic heterocycles. The van der Waals surface area contributed by atoms with Gasteiger partial charge in [-0.25, -0.2) is 14.4 Å². The van der Waals surface area contributed by atoms with E-state index in [-0.39, 0.29) is 11.9 Å². The molecule has 0 saturated carbocycles. The summed E-state index contributed by atoms with van der Waals surface area (Å²) in [5, 5.41) is 4.04. The first kappa shape index (κ1) is 13.7. The predicted molar refractivity (Wildman–Crippen MR) is 75.8 cm³/mol. The summed E-state index contributed by atoms with van der Waals surface area (Å²) in [5.74, 6) is 0.419. The summed E-state index contributed by atoms with van der Waals surface area (Å²) in [6.07, 6.45) is 2.50. The zero-order valence-corrected chi connectivity index (χ0v) is 11.5. The highest BCUT2D eigenvalue weighted by Crippen LogP contribution is 2.21. The number of halogens is 1. The van der Waals surface area contributed by atoms with Gasteiger partial charge >= 0.3 is 0 Å². The van der Waals surface area contributed by atoms with E-state index in [1.54, 1.807) is 6.07 Å². The molecule has 0 saturated heterocycles. The molecule has 2 aromatic rings. The molecule has 0 amide bonds. The van der Waals surface area contributed by atoms with Gasteiger partial charge in [0, 0.05) is 11.4 Å². The van der Waals surface area contributed by atoms with E-state index in [0.29, 0.717) is 5.82 Å². The van der Waals surface area contributed by atoms with Gasteiger partial charge in [-0.15, -0.1) is 0 Å². The summed E-state index contributed by atoms with van der Waals surface area (Å²) in [5.41, 5.74) is 0.749. The molecule has 1 aromatic carbocycles. The Kier molecular flexibility index (Phi) is 4.27. The van der Waals surface area contributed by atoms with E-state index in [0.717, 1.165) is 23.9 Å². The van der Waals surface area contributed by atoms with Crippen molar-refractivity contribution in [3.8, 4) is 0 Å². The SMILES string of the molecule is C[C@H](CCN(C)C)Nc1ncnc2ccc(F)cc12. The highest BCUT2D eigenvalue weighted by atomic mass is 19.1. The first-order chi connectivity index (χ1) is 9.06. The van der Waals surface area contributed by atoms with Crippen molar-refractivity contribution in [2.75, 3.05) is 26.0 Å². The third-order valence-electron chi connectivity index (χ3n) is 2.99. The molecule has 1 aromatic heterocycles. The van der Waals surface area contributed by atoms with Gasteiger partial charge in [-0.3, -0.25) is 0 Å². The largest absolute Gasteiger partial charge is 0.367 e. The van der Waals surface area contributed by atoms with E-state index in [2.05, 4.69) is 27.1 Å². The first-order valence-electron chi connectivity index (χ1n) is 6.38. The maximum absolute atomic E-state index is 13.3. The van der Waals surface area contributed by atoms with Crippen LogP contribution in [0.25, 0.3) is 10.9 Å². The minimum Gasteiger partial charge on any atom is -0.367 e. The van der Waals surface area contributed by atoms with Crippen molar-refractivity contribution in [1.82, 2.24) is 14.9 Å². The number of fused-ring (bicyclic) bond motifs is 1. The second-order valence-electron chi connectivity index (χ2n) is 5.02. The second kappa shape index (κ2) is 5.93. The molecule has 1 N–H and O–H groups in total. The van der Waals surface area contributed by atoms with Crippen molar-refractivity contribution >= 4 is 16.7 Å². The Labute approximate surface area is 112 Å². The normalized spacial score (nSPS) is 12.9. The number of nitrogens with one attached hydrogen (secondary N) is 1. The Hall–Kier alpha value is -1.75. The van der Waals surface area contributed by atoms with Gasteiger partial charge in [0.15, 0.2) is 0 Å². The van der Waals surface area contributed by atoms with Crippen LogP contribution in [0.1, 0.15) is 13.3 Å². The van der Waals surface area contributed by atoms with Crippen LogP contribution >= 0.6 is 0 Å². The molecule has 2 rings (SSSR count). The van der Waals surface area contributed by atoms with Crippen molar-refractivity contribution in [2.45, 2.75) is 19.4 Å². The number of nitrogens with zero attached hydrogens (tertiary/aromatic N) is 3. The summed E-state index contributed by atoms with van der Waals surface area (Å²) in [4.78, 5) is 10.5. The minimum atomic E-state index is -0.272. The van der Waals surface area contributed by atoms with Crippen LogP contribution in [0.15, 0.2) is 24.5 Å². The van der Waals surface area contributed by atoms with E-state index in [1.165, 1.54) is 18.5 Å². The van der Waals surface area contributed by atoms with Crippen LogP contribution in [0.4, 0.5) is 10.2 Å². The van der Waals surface area contributed by atoms with E-state index in [4.69, 9.17) is 0 Å². The average Bonchev–Trinajstić information content (AvgIpc) is 2.37. The molecule has 0 radical (unpaired) electrons. The number of rotatable bonds is 5. The molecule has 0 spiro atoms. The van der Waals surface area contributed by atoms with Crippen LogP contribution in [-0.4, -0.2) is 41.5 Å². The Morgan fingerprint density at radius 1 is 1.32 bits per heavy atom. The van der Waals surface area contributed by atoms with Crippen LogP contribution in [-0.2, 0) is 0 Å². The second-order valence-corrected chi connectivity index (χ2v) is 5.02. The van der Waals surface area contributed by atoms with Gasteiger partial charge < -0.3 is 10.2 Å². The molecule has 5 heteroatoms. The zero-order valence-electron chi connectivity index (χ0n) is 11.5. The Bertz CT molecular complexity index is 556. The first-order valence-corrected chi connectivity index (χ1v) is 6.38. The monoisotopic (exact) mass is 262 g/mol. The summed E-state index contributed by atoms with van der Waals surface area (Å²) in [6, 6.07) is 4.82. The number of aromatic nitrogens is 2. The third-order valence-corrected chi connectivity index (χ3v) is 2.99. The van der Waals surface area contributed by atoms with Gasteiger partial charge in [-0.2, -0.15) is 0 Å².